The van der Waals surface area contributed by atoms with Gasteiger partial charge in [-0.3, -0.25) is 10.1 Å². The smallest absolute Gasteiger partial charge is 0.0670 e. The summed E-state index contributed by atoms with van der Waals surface area (Å²) in [4.78, 5) is 4.69. The molecule has 2 heterocycles. The highest BCUT2D eigenvalue weighted by Gasteiger charge is 2.13. The molecule has 3 nitrogen and oxygen atoms in total. The van der Waals surface area contributed by atoms with Gasteiger partial charge in [-0.1, -0.05) is 13.0 Å². The zero-order valence-corrected chi connectivity index (χ0v) is 10.3. The van der Waals surface area contributed by atoms with Crippen molar-refractivity contribution in [1.29, 1.82) is 0 Å². The Morgan fingerprint density at radius 3 is 3.00 bits per heavy atom. The number of aromatic amines is 1. The molecule has 0 spiro atoms. The van der Waals surface area contributed by atoms with E-state index in [1.165, 1.54) is 23.1 Å². The Morgan fingerprint density at radius 1 is 1.35 bits per heavy atom. The van der Waals surface area contributed by atoms with Gasteiger partial charge < -0.3 is 0 Å². The molecule has 88 valence electrons. The third-order valence-electron chi connectivity index (χ3n) is 3.55. The van der Waals surface area contributed by atoms with Crippen LogP contribution in [0.4, 0.5) is 0 Å². The topological polar surface area (TPSA) is 41.0 Å². The molecule has 0 bridgehead atoms. The van der Waals surface area contributed by atoms with Gasteiger partial charge >= 0.3 is 0 Å². The first-order chi connectivity index (χ1) is 8.24. The molecule has 1 aliphatic heterocycles. The van der Waals surface area contributed by atoms with Crippen LogP contribution in [0.2, 0.25) is 0 Å². The third kappa shape index (κ3) is 1.86. The first-order valence-corrected chi connectivity index (χ1v) is 6.22. The van der Waals surface area contributed by atoms with Crippen LogP contribution in [0.5, 0.6) is 0 Å². The molecule has 0 saturated heterocycles. The number of hydrogen-bond donors (Lipinski definition) is 1. The molecule has 2 aromatic rings. The summed E-state index contributed by atoms with van der Waals surface area (Å²) in [5.74, 6) is 0.734. The van der Waals surface area contributed by atoms with Crippen LogP contribution in [0.25, 0.3) is 10.9 Å². The van der Waals surface area contributed by atoms with Crippen molar-refractivity contribution in [2.75, 3.05) is 6.54 Å². The third-order valence-corrected chi connectivity index (χ3v) is 3.55. The van der Waals surface area contributed by atoms with E-state index in [0.29, 0.717) is 0 Å². The highest BCUT2D eigenvalue weighted by atomic mass is 15.1. The average Bonchev–Trinajstić information content (AvgIpc) is 2.72. The number of nitrogens with zero attached hydrogens (tertiary/aromatic N) is 2. The standard InChI is InChI=1S/C14H17N3/c1-9-3-5-13(15-8-9)11-4-6-14-12(7-11)10(2)16-17-14/h4,6-7,9H,3,5,8H2,1-2H3,(H,16,17). The van der Waals surface area contributed by atoms with Crippen molar-refractivity contribution in [3.8, 4) is 0 Å². The second-order valence-corrected chi connectivity index (χ2v) is 5.00. The average molecular weight is 227 g/mol. The Morgan fingerprint density at radius 2 is 2.24 bits per heavy atom. The van der Waals surface area contributed by atoms with E-state index in [1.54, 1.807) is 0 Å². The Labute approximate surface area is 101 Å². The maximum Gasteiger partial charge on any atom is 0.0670 e. The van der Waals surface area contributed by atoms with E-state index in [-0.39, 0.29) is 0 Å². The van der Waals surface area contributed by atoms with Gasteiger partial charge in [0, 0.05) is 17.6 Å². The van der Waals surface area contributed by atoms with E-state index in [9.17, 15) is 0 Å². The van der Waals surface area contributed by atoms with E-state index < -0.39 is 0 Å². The van der Waals surface area contributed by atoms with Gasteiger partial charge in [-0.15, -0.1) is 0 Å². The van der Waals surface area contributed by atoms with Crippen molar-refractivity contribution in [1.82, 2.24) is 10.2 Å². The largest absolute Gasteiger partial charge is 0.289 e. The molecule has 0 fully saturated rings. The molecule has 3 heteroatoms. The first-order valence-electron chi connectivity index (χ1n) is 6.22. The van der Waals surface area contributed by atoms with E-state index in [2.05, 4.69) is 40.3 Å². The normalized spacial score (nSPS) is 20.6. The van der Waals surface area contributed by atoms with Crippen LogP contribution in [0.3, 0.4) is 0 Å². The summed E-state index contributed by atoms with van der Waals surface area (Å²) < 4.78 is 0. The monoisotopic (exact) mass is 227 g/mol. The molecule has 0 amide bonds. The summed E-state index contributed by atoms with van der Waals surface area (Å²) in [7, 11) is 0. The molecular formula is C14H17N3. The fraction of sp³-hybridized carbons (Fsp3) is 0.429. The van der Waals surface area contributed by atoms with Gasteiger partial charge in [0.05, 0.1) is 11.2 Å². The fourth-order valence-corrected chi connectivity index (χ4v) is 2.38. The van der Waals surface area contributed by atoms with E-state index in [0.717, 1.165) is 30.1 Å². The quantitative estimate of drug-likeness (QED) is 0.799. The number of nitrogens with one attached hydrogen (secondary N) is 1. The molecule has 1 aromatic carbocycles. The Kier molecular flexibility index (Phi) is 2.46. The molecule has 1 aromatic heterocycles. The number of aromatic nitrogens is 2. The minimum atomic E-state index is 0.734. The number of aryl methyl sites for hydroxylation is 1. The number of aliphatic imine (C=N–C) groups is 1. The van der Waals surface area contributed by atoms with Crippen LogP contribution in [-0.2, 0) is 0 Å². The first kappa shape index (κ1) is 10.5. The SMILES string of the molecule is Cc1n[nH]c2ccc(C3=NCC(C)CC3)cc12. The van der Waals surface area contributed by atoms with Gasteiger partial charge in [-0.05, 0) is 43.4 Å². The van der Waals surface area contributed by atoms with Crippen molar-refractivity contribution in [3.05, 3.63) is 29.5 Å². The van der Waals surface area contributed by atoms with Crippen LogP contribution >= 0.6 is 0 Å². The highest BCUT2D eigenvalue weighted by molar-refractivity contribution is 6.03. The minimum Gasteiger partial charge on any atom is -0.289 e. The molecule has 1 aliphatic rings. The van der Waals surface area contributed by atoms with Crippen LogP contribution in [0.1, 0.15) is 31.0 Å². The molecular weight excluding hydrogens is 210 g/mol. The zero-order chi connectivity index (χ0) is 11.8. The van der Waals surface area contributed by atoms with Gasteiger partial charge in [0.25, 0.3) is 0 Å². The predicted molar refractivity (Wildman–Crippen MR) is 70.6 cm³/mol. The summed E-state index contributed by atoms with van der Waals surface area (Å²) in [6, 6.07) is 6.46. The molecule has 0 radical (unpaired) electrons. The Hall–Kier alpha value is -1.64. The van der Waals surface area contributed by atoms with Crippen molar-refractivity contribution in [2.45, 2.75) is 26.7 Å². The van der Waals surface area contributed by atoms with Gasteiger partial charge in [0.1, 0.15) is 0 Å². The van der Waals surface area contributed by atoms with Crippen LogP contribution in [-0.4, -0.2) is 22.5 Å². The minimum absolute atomic E-state index is 0.734. The number of hydrogen-bond acceptors (Lipinski definition) is 2. The summed E-state index contributed by atoms with van der Waals surface area (Å²) in [6.45, 7) is 5.27. The van der Waals surface area contributed by atoms with Crippen LogP contribution in [0.15, 0.2) is 23.2 Å². The van der Waals surface area contributed by atoms with E-state index in [1.807, 2.05) is 6.92 Å². The number of H-pyrrole nitrogens is 1. The van der Waals surface area contributed by atoms with Crippen molar-refractivity contribution >= 4 is 16.6 Å². The van der Waals surface area contributed by atoms with Gasteiger partial charge in [0.15, 0.2) is 0 Å². The summed E-state index contributed by atoms with van der Waals surface area (Å²) in [5, 5.41) is 8.48. The lowest BCUT2D eigenvalue weighted by Crippen LogP contribution is -2.14. The summed E-state index contributed by atoms with van der Waals surface area (Å²) in [5.41, 5.74) is 4.68. The number of rotatable bonds is 1. The second-order valence-electron chi connectivity index (χ2n) is 5.00. The van der Waals surface area contributed by atoms with Crippen molar-refractivity contribution < 1.29 is 0 Å². The van der Waals surface area contributed by atoms with Crippen LogP contribution < -0.4 is 0 Å². The lowest BCUT2D eigenvalue weighted by atomic mass is 9.95. The predicted octanol–water partition coefficient (Wildman–Crippen LogP) is 3.09. The van der Waals surface area contributed by atoms with Crippen LogP contribution in [0, 0.1) is 12.8 Å². The lowest BCUT2D eigenvalue weighted by Gasteiger charge is -2.17. The van der Waals surface area contributed by atoms with Crippen molar-refractivity contribution in [2.24, 2.45) is 10.9 Å². The van der Waals surface area contributed by atoms with Gasteiger partial charge in [-0.2, -0.15) is 5.10 Å². The maximum atomic E-state index is 4.69. The summed E-state index contributed by atoms with van der Waals surface area (Å²) >= 11 is 0. The fourth-order valence-electron chi connectivity index (χ4n) is 2.38. The van der Waals surface area contributed by atoms with E-state index >= 15 is 0 Å². The lowest BCUT2D eigenvalue weighted by molar-refractivity contribution is 0.538. The molecule has 1 unspecified atom stereocenters. The molecule has 3 rings (SSSR count). The number of fused-ring (bicyclic) bond motifs is 1. The molecule has 1 N–H and O–H groups in total. The Balaban J connectivity index is 2.03. The zero-order valence-electron chi connectivity index (χ0n) is 10.3. The highest BCUT2D eigenvalue weighted by Crippen LogP contribution is 2.22. The van der Waals surface area contributed by atoms with Gasteiger partial charge in [-0.25, -0.2) is 0 Å². The van der Waals surface area contributed by atoms with E-state index in [4.69, 9.17) is 0 Å². The second kappa shape index (κ2) is 3.99. The number of benzene rings is 1. The van der Waals surface area contributed by atoms with Gasteiger partial charge in [0.2, 0.25) is 0 Å². The molecule has 17 heavy (non-hydrogen) atoms. The molecule has 1 atom stereocenters. The van der Waals surface area contributed by atoms with Crippen molar-refractivity contribution in [3.63, 3.8) is 0 Å². The summed E-state index contributed by atoms with van der Waals surface area (Å²) in [6.07, 6.45) is 2.35. The molecule has 0 aliphatic carbocycles. The Bertz CT molecular complexity index is 580. The maximum absolute atomic E-state index is 4.69. The molecule has 0 saturated carbocycles.